The smallest absolute Gasteiger partial charge is 0.415 e. The molecule has 2 saturated heterocycles. The van der Waals surface area contributed by atoms with E-state index >= 15 is 0 Å². The van der Waals surface area contributed by atoms with Gasteiger partial charge in [0.2, 0.25) is 0 Å². The first-order valence-electron chi connectivity index (χ1n) is 11.8. The lowest BCUT2D eigenvalue weighted by atomic mass is 9.99. The number of fused-ring (bicyclic) bond motifs is 1. The minimum absolute atomic E-state index is 0.0792. The summed E-state index contributed by atoms with van der Waals surface area (Å²) in [6.07, 6.45) is -4.62. The molecule has 2 aromatic rings. The van der Waals surface area contributed by atoms with Crippen LogP contribution in [-0.2, 0) is 35.0 Å². The van der Waals surface area contributed by atoms with Crippen molar-refractivity contribution in [2.45, 2.75) is 56.9 Å². The van der Waals surface area contributed by atoms with E-state index in [-0.39, 0.29) is 18.0 Å². The first-order chi connectivity index (χ1) is 18.2. The lowest BCUT2D eigenvalue weighted by Crippen LogP contribution is -2.59. The number of imide groups is 1. The van der Waals surface area contributed by atoms with E-state index < -0.39 is 53.5 Å². The van der Waals surface area contributed by atoms with Crippen molar-refractivity contribution in [3.63, 3.8) is 0 Å². The molecule has 13 heteroatoms. The van der Waals surface area contributed by atoms with Crippen LogP contribution < -0.4 is 10.6 Å². The van der Waals surface area contributed by atoms with E-state index in [0.29, 0.717) is 6.61 Å². The molecule has 0 aliphatic carbocycles. The van der Waals surface area contributed by atoms with Crippen molar-refractivity contribution in [3.8, 4) is 0 Å². The summed E-state index contributed by atoms with van der Waals surface area (Å²) in [5.74, 6) is -0.958. The molecule has 0 radical (unpaired) electrons. The fourth-order valence-electron chi connectivity index (χ4n) is 4.28. The van der Waals surface area contributed by atoms with Gasteiger partial charge in [-0.3, -0.25) is 10.1 Å². The number of para-hydroxylation sites is 2. The highest BCUT2D eigenvalue weighted by molar-refractivity contribution is 6.00. The Kier molecular flexibility index (Phi) is 8.54. The number of nitrogens with zero attached hydrogens (tertiary/aromatic N) is 1. The van der Waals surface area contributed by atoms with E-state index in [4.69, 9.17) is 28.4 Å². The van der Waals surface area contributed by atoms with Crippen LogP contribution >= 0.6 is 0 Å². The number of carbonyl (C=O) groups excluding carboxylic acids is 2. The highest BCUT2D eigenvalue weighted by Crippen LogP contribution is 2.39. The largest absolute Gasteiger partial charge is 0.446 e. The van der Waals surface area contributed by atoms with Gasteiger partial charge in [-0.2, -0.15) is 0 Å². The summed E-state index contributed by atoms with van der Waals surface area (Å²) in [7, 11) is 1.46. The van der Waals surface area contributed by atoms with Crippen LogP contribution in [0.4, 0.5) is 21.0 Å². The van der Waals surface area contributed by atoms with E-state index in [2.05, 4.69) is 5.32 Å². The van der Waals surface area contributed by atoms with Crippen LogP contribution in [0.5, 0.6) is 0 Å². The van der Waals surface area contributed by atoms with Crippen molar-refractivity contribution in [1.82, 2.24) is 5.32 Å². The van der Waals surface area contributed by atoms with Crippen molar-refractivity contribution in [2.24, 2.45) is 0 Å². The third-order valence-corrected chi connectivity index (χ3v) is 5.89. The number of hydrogen-bond acceptors (Lipinski definition) is 10. The molecule has 2 aromatic carbocycles. The van der Waals surface area contributed by atoms with Crippen molar-refractivity contribution in [3.05, 3.63) is 70.3 Å². The van der Waals surface area contributed by atoms with Gasteiger partial charge < -0.3 is 33.7 Å². The molecule has 2 aliphatic heterocycles. The average molecular weight is 532 g/mol. The van der Waals surface area contributed by atoms with Gasteiger partial charge in [0, 0.05) is 13.2 Å². The van der Waals surface area contributed by atoms with Crippen LogP contribution in [0.25, 0.3) is 0 Å². The van der Waals surface area contributed by atoms with Gasteiger partial charge in [0.25, 0.3) is 5.69 Å². The molecule has 13 nitrogen and oxygen atoms in total. The Morgan fingerprint density at radius 2 is 1.74 bits per heavy atom. The molecule has 2 fully saturated rings. The first kappa shape index (κ1) is 27.4. The maximum atomic E-state index is 12.3. The summed E-state index contributed by atoms with van der Waals surface area (Å²) in [4.78, 5) is 34.9. The number of rotatable bonds is 8. The minimum atomic E-state index is -1.09. The fourth-order valence-corrected chi connectivity index (χ4v) is 4.28. The molecular weight excluding hydrogens is 502 g/mol. The Morgan fingerprint density at radius 3 is 2.45 bits per heavy atom. The maximum absolute atomic E-state index is 12.3. The number of nitrogens with one attached hydrogen (secondary N) is 2. The number of ether oxygens (including phenoxy) is 6. The maximum Gasteiger partial charge on any atom is 0.415 e. The molecule has 0 spiro atoms. The summed E-state index contributed by atoms with van der Waals surface area (Å²) >= 11 is 0. The summed E-state index contributed by atoms with van der Waals surface area (Å²) in [5, 5.41) is 15.3. The minimum Gasteiger partial charge on any atom is -0.446 e. The molecule has 0 bridgehead atoms. The topological polar surface area (TPSA) is 157 Å². The zero-order valence-corrected chi connectivity index (χ0v) is 21.0. The Morgan fingerprint density at radius 1 is 1.05 bits per heavy atom. The number of urea groups is 1. The van der Waals surface area contributed by atoms with Gasteiger partial charge >= 0.3 is 12.1 Å². The van der Waals surface area contributed by atoms with Crippen LogP contribution in [0.3, 0.4) is 0 Å². The van der Waals surface area contributed by atoms with E-state index in [1.165, 1.54) is 31.4 Å². The van der Waals surface area contributed by atoms with Crippen molar-refractivity contribution < 1.29 is 42.9 Å². The molecule has 4 rings (SSSR count). The van der Waals surface area contributed by atoms with Crippen LogP contribution in [-0.4, -0.2) is 67.3 Å². The van der Waals surface area contributed by atoms with E-state index in [9.17, 15) is 19.7 Å². The van der Waals surface area contributed by atoms with Crippen LogP contribution in [0.15, 0.2) is 54.6 Å². The summed E-state index contributed by atoms with van der Waals surface area (Å²) in [5.41, 5.74) is 0.552. The lowest BCUT2D eigenvalue weighted by molar-refractivity contribution is -0.383. The normalized spacial score (nSPS) is 25.7. The van der Waals surface area contributed by atoms with E-state index in [1.54, 1.807) is 13.8 Å². The number of benzene rings is 2. The van der Waals surface area contributed by atoms with Gasteiger partial charge in [0.1, 0.15) is 36.7 Å². The third-order valence-electron chi connectivity index (χ3n) is 5.89. The number of carbonyl (C=O) groups is 2. The lowest BCUT2D eigenvalue weighted by Gasteiger charge is -2.41. The molecule has 204 valence electrons. The Bertz CT molecular complexity index is 1150. The number of anilines is 1. The SMILES string of the molecule is COC1O[C@H](COC(=O)NC(=O)Nc2ccccc2[N+](=O)[O-])[C@@H]2OC(C)(C)O[C@@H]2[C@H]1OCc1ccccc1. The zero-order chi connectivity index (χ0) is 27.3. The molecule has 5 atom stereocenters. The standard InChI is InChI=1S/C25H29N3O10/c1-25(2)37-19-18(14-35-24(30)27-23(29)26-16-11-7-8-12-17(16)28(31)32)36-22(33-3)21(20(19)38-25)34-13-15-9-5-4-6-10-15/h4-12,18-22H,13-14H2,1-3H3,(H2,26,27,29,30)/t18-,19+,20+,21-,22?/m1/s1. The Balaban J connectivity index is 1.36. The van der Waals surface area contributed by atoms with Gasteiger partial charge in [-0.15, -0.1) is 0 Å². The monoisotopic (exact) mass is 531 g/mol. The van der Waals surface area contributed by atoms with Gasteiger partial charge in [-0.25, -0.2) is 14.9 Å². The predicted octanol–water partition coefficient (Wildman–Crippen LogP) is 3.33. The van der Waals surface area contributed by atoms with Crippen molar-refractivity contribution >= 4 is 23.5 Å². The van der Waals surface area contributed by atoms with Crippen molar-refractivity contribution in [2.75, 3.05) is 19.0 Å². The van der Waals surface area contributed by atoms with E-state index in [0.717, 1.165) is 5.56 Å². The fraction of sp³-hybridized carbons (Fsp3) is 0.440. The predicted molar refractivity (Wildman–Crippen MR) is 131 cm³/mol. The summed E-state index contributed by atoms with van der Waals surface area (Å²) in [6.45, 7) is 3.49. The molecule has 0 saturated carbocycles. The van der Waals surface area contributed by atoms with Gasteiger partial charge in [-0.05, 0) is 25.5 Å². The molecule has 2 heterocycles. The Labute approximate surface area is 218 Å². The molecular formula is C25H29N3O10. The number of amides is 3. The molecule has 1 unspecified atom stereocenters. The average Bonchev–Trinajstić information content (AvgIpc) is 3.21. The molecule has 3 amide bonds. The van der Waals surface area contributed by atoms with E-state index in [1.807, 2.05) is 35.6 Å². The van der Waals surface area contributed by atoms with Crippen LogP contribution in [0, 0.1) is 10.1 Å². The Hall–Kier alpha value is -3.62. The molecule has 2 aliphatic rings. The van der Waals surface area contributed by atoms with Gasteiger partial charge in [0.15, 0.2) is 12.1 Å². The number of methoxy groups -OCH3 is 1. The first-order valence-corrected chi connectivity index (χ1v) is 11.8. The van der Waals surface area contributed by atoms with Gasteiger partial charge in [-0.1, -0.05) is 42.5 Å². The number of alkyl carbamates (subject to hydrolysis) is 1. The second-order valence-corrected chi connectivity index (χ2v) is 9.06. The zero-order valence-electron chi connectivity index (χ0n) is 21.0. The van der Waals surface area contributed by atoms with Crippen LogP contribution in [0.1, 0.15) is 19.4 Å². The summed E-state index contributed by atoms with van der Waals surface area (Å²) < 4.78 is 35.0. The summed E-state index contributed by atoms with van der Waals surface area (Å²) in [6, 6.07) is 14.1. The second kappa shape index (κ2) is 11.8. The number of nitro benzene ring substituents is 1. The van der Waals surface area contributed by atoms with Crippen molar-refractivity contribution in [1.29, 1.82) is 0 Å². The third kappa shape index (κ3) is 6.62. The number of hydrogen-bond donors (Lipinski definition) is 2. The molecule has 2 N–H and O–H groups in total. The molecule has 38 heavy (non-hydrogen) atoms. The van der Waals surface area contributed by atoms with Gasteiger partial charge in [0.05, 0.1) is 11.5 Å². The quantitative estimate of drug-likeness (QED) is 0.382. The molecule has 0 aromatic heterocycles. The number of nitro groups is 1. The highest BCUT2D eigenvalue weighted by atomic mass is 16.8. The van der Waals surface area contributed by atoms with Crippen LogP contribution in [0.2, 0.25) is 0 Å². The highest BCUT2D eigenvalue weighted by Gasteiger charge is 2.56. The second-order valence-electron chi connectivity index (χ2n) is 9.06.